The van der Waals surface area contributed by atoms with Crippen LogP contribution in [0.25, 0.3) is 0 Å². The molecule has 20 heavy (non-hydrogen) atoms. The molecule has 1 heterocycles. The summed E-state index contributed by atoms with van der Waals surface area (Å²) < 4.78 is 1.07. The van der Waals surface area contributed by atoms with E-state index in [-0.39, 0.29) is 0 Å². The summed E-state index contributed by atoms with van der Waals surface area (Å²) in [6, 6.07) is 11.5. The fourth-order valence-corrected chi connectivity index (χ4v) is 3.62. The number of carboxylic acids is 1. The van der Waals surface area contributed by atoms with Gasteiger partial charge in [0.05, 0.1) is 5.92 Å². The molecule has 1 aromatic carbocycles. The van der Waals surface area contributed by atoms with Gasteiger partial charge in [-0.2, -0.15) is 0 Å². The number of hydrogen-bond acceptors (Lipinski definition) is 3. The number of benzene rings is 1. The largest absolute Gasteiger partial charge is 0.481 e. The molecule has 0 aliphatic carbocycles. The number of carboxylic acid groups (broad SMARTS) is 1. The Morgan fingerprint density at radius 2 is 2.10 bits per heavy atom. The van der Waals surface area contributed by atoms with Crippen molar-refractivity contribution in [3.63, 3.8) is 0 Å². The fourth-order valence-electron chi connectivity index (χ4n) is 2.09. The molecule has 3 nitrogen and oxygen atoms in total. The molecular formula is C15H16BrNO2S. The van der Waals surface area contributed by atoms with Gasteiger partial charge >= 0.3 is 5.97 Å². The van der Waals surface area contributed by atoms with E-state index in [0.29, 0.717) is 6.54 Å². The van der Waals surface area contributed by atoms with Crippen molar-refractivity contribution in [2.45, 2.75) is 12.5 Å². The predicted molar refractivity (Wildman–Crippen MR) is 85.2 cm³/mol. The number of rotatable bonds is 6. The van der Waals surface area contributed by atoms with Gasteiger partial charge < -0.3 is 10.0 Å². The maximum Gasteiger partial charge on any atom is 0.312 e. The third kappa shape index (κ3) is 4.16. The highest BCUT2D eigenvalue weighted by molar-refractivity contribution is 9.10. The van der Waals surface area contributed by atoms with Crippen molar-refractivity contribution in [3.05, 3.63) is 56.7 Å². The Kier molecular flexibility index (Phi) is 5.34. The molecule has 1 N–H and O–H groups in total. The van der Waals surface area contributed by atoms with Crippen molar-refractivity contribution in [2.24, 2.45) is 0 Å². The highest BCUT2D eigenvalue weighted by Gasteiger charge is 2.21. The number of nitrogens with zero attached hydrogens (tertiary/aromatic N) is 1. The van der Waals surface area contributed by atoms with Gasteiger partial charge in [0.2, 0.25) is 0 Å². The fraction of sp³-hybridized carbons (Fsp3) is 0.267. The third-order valence-electron chi connectivity index (χ3n) is 3.04. The Bertz CT molecular complexity index is 570. The van der Waals surface area contributed by atoms with Crippen LogP contribution in [-0.2, 0) is 11.3 Å². The Hall–Kier alpha value is -1.17. The van der Waals surface area contributed by atoms with Crippen LogP contribution < -0.4 is 0 Å². The summed E-state index contributed by atoms with van der Waals surface area (Å²) in [6.07, 6.45) is 0. The second-order valence-corrected chi connectivity index (χ2v) is 6.64. The van der Waals surface area contributed by atoms with Gasteiger partial charge in [0.1, 0.15) is 0 Å². The first-order chi connectivity index (χ1) is 9.56. The van der Waals surface area contributed by atoms with Crippen molar-refractivity contribution in [2.75, 3.05) is 13.6 Å². The van der Waals surface area contributed by atoms with E-state index < -0.39 is 11.9 Å². The summed E-state index contributed by atoms with van der Waals surface area (Å²) in [6.45, 7) is 1.25. The van der Waals surface area contributed by atoms with Crippen LogP contribution in [0.3, 0.4) is 0 Å². The molecule has 0 fully saturated rings. The zero-order valence-corrected chi connectivity index (χ0v) is 13.5. The molecule has 2 rings (SSSR count). The topological polar surface area (TPSA) is 40.5 Å². The average Bonchev–Trinajstić information content (AvgIpc) is 2.82. The van der Waals surface area contributed by atoms with Crippen LogP contribution in [0.4, 0.5) is 0 Å². The van der Waals surface area contributed by atoms with E-state index >= 15 is 0 Å². The van der Waals surface area contributed by atoms with Crippen LogP contribution in [0.2, 0.25) is 0 Å². The molecule has 0 aliphatic heterocycles. The second-order valence-electron chi connectivity index (χ2n) is 4.73. The number of aliphatic carboxylic acids is 1. The monoisotopic (exact) mass is 353 g/mol. The summed E-state index contributed by atoms with van der Waals surface area (Å²) in [4.78, 5) is 14.7. The lowest BCUT2D eigenvalue weighted by molar-refractivity contribution is -0.139. The van der Waals surface area contributed by atoms with Crippen molar-refractivity contribution in [1.82, 2.24) is 4.90 Å². The lowest BCUT2D eigenvalue weighted by Gasteiger charge is -2.21. The molecule has 0 aliphatic rings. The standard InChI is InChI=1S/C15H16BrNO2S/c1-17(8-13-7-12(16)10-20-13)9-14(15(18)19)11-5-3-2-4-6-11/h2-7,10,14H,8-9H2,1H3,(H,18,19). The van der Waals surface area contributed by atoms with Gasteiger partial charge in [0.25, 0.3) is 0 Å². The Morgan fingerprint density at radius 3 is 2.65 bits per heavy atom. The zero-order chi connectivity index (χ0) is 14.5. The molecule has 1 aromatic heterocycles. The number of thiophene rings is 1. The van der Waals surface area contributed by atoms with Gasteiger partial charge in [-0.3, -0.25) is 4.79 Å². The Labute approximate surface area is 131 Å². The maximum absolute atomic E-state index is 11.5. The molecule has 1 unspecified atom stereocenters. The minimum Gasteiger partial charge on any atom is -0.481 e. The van der Waals surface area contributed by atoms with Crippen LogP contribution in [0, 0.1) is 0 Å². The Morgan fingerprint density at radius 1 is 1.40 bits per heavy atom. The maximum atomic E-state index is 11.5. The van der Waals surface area contributed by atoms with E-state index in [4.69, 9.17) is 0 Å². The van der Waals surface area contributed by atoms with Gasteiger partial charge in [-0.25, -0.2) is 0 Å². The van der Waals surface area contributed by atoms with E-state index in [1.165, 1.54) is 4.88 Å². The molecule has 0 amide bonds. The van der Waals surface area contributed by atoms with Crippen molar-refractivity contribution in [1.29, 1.82) is 0 Å². The molecule has 1 atom stereocenters. The molecule has 0 radical (unpaired) electrons. The number of carbonyl (C=O) groups is 1. The molecule has 0 saturated heterocycles. The minimum absolute atomic E-state index is 0.495. The quantitative estimate of drug-likeness (QED) is 0.858. The molecule has 0 spiro atoms. The normalized spacial score (nSPS) is 12.6. The number of halogens is 1. The molecule has 0 saturated carbocycles. The van der Waals surface area contributed by atoms with Crippen molar-refractivity contribution >= 4 is 33.2 Å². The minimum atomic E-state index is -0.782. The first-order valence-corrected chi connectivity index (χ1v) is 7.92. The number of hydrogen-bond donors (Lipinski definition) is 1. The molecule has 5 heteroatoms. The van der Waals surface area contributed by atoms with Gasteiger partial charge in [-0.1, -0.05) is 30.3 Å². The highest BCUT2D eigenvalue weighted by Crippen LogP contribution is 2.22. The van der Waals surface area contributed by atoms with Gasteiger partial charge in [-0.05, 0) is 34.6 Å². The van der Waals surface area contributed by atoms with Crippen LogP contribution in [0.5, 0.6) is 0 Å². The lowest BCUT2D eigenvalue weighted by Crippen LogP contribution is -2.28. The molecule has 0 bridgehead atoms. The van der Waals surface area contributed by atoms with Crippen LogP contribution >= 0.6 is 27.3 Å². The zero-order valence-electron chi connectivity index (χ0n) is 11.1. The van der Waals surface area contributed by atoms with Crippen LogP contribution in [-0.4, -0.2) is 29.6 Å². The van der Waals surface area contributed by atoms with Crippen LogP contribution in [0.1, 0.15) is 16.4 Å². The lowest BCUT2D eigenvalue weighted by atomic mass is 9.99. The van der Waals surface area contributed by atoms with Gasteiger partial charge in [0.15, 0.2) is 0 Å². The summed E-state index contributed by atoms with van der Waals surface area (Å²) in [5.74, 6) is -1.28. The summed E-state index contributed by atoms with van der Waals surface area (Å²) in [7, 11) is 1.95. The van der Waals surface area contributed by atoms with Crippen LogP contribution in [0.15, 0.2) is 46.3 Å². The number of likely N-dealkylation sites (N-methyl/N-ethyl adjacent to an activating group) is 1. The summed E-state index contributed by atoms with van der Waals surface area (Å²) in [5, 5.41) is 11.5. The first-order valence-electron chi connectivity index (χ1n) is 6.25. The summed E-state index contributed by atoms with van der Waals surface area (Å²) in [5.41, 5.74) is 0.846. The SMILES string of the molecule is CN(Cc1cc(Br)cs1)CC(C(=O)O)c1ccccc1. The Balaban J connectivity index is 2.03. The molecule has 106 valence electrons. The van der Waals surface area contributed by atoms with E-state index in [1.807, 2.05) is 47.7 Å². The smallest absolute Gasteiger partial charge is 0.312 e. The third-order valence-corrected chi connectivity index (χ3v) is 4.72. The van der Waals surface area contributed by atoms with E-state index in [2.05, 4.69) is 22.0 Å². The summed E-state index contributed by atoms with van der Waals surface area (Å²) >= 11 is 5.10. The average molecular weight is 354 g/mol. The highest BCUT2D eigenvalue weighted by atomic mass is 79.9. The van der Waals surface area contributed by atoms with E-state index in [9.17, 15) is 9.90 Å². The van der Waals surface area contributed by atoms with E-state index in [0.717, 1.165) is 16.6 Å². The molecular weight excluding hydrogens is 338 g/mol. The molecule has 2 aromatic rings. The van der Waals surface area contributed by atoms with Crippen molar-refractivity contribution in [3.8, 4) is 0 Å². The first kappa shape index (κ1) is 15.2. The second kappa shape index (κ2) is 7.02. The van der Waals surface area contributed by atoms with E-state index in [1.54, 1.807) is 11.3 Å². The predicted octanol–water partition coefficient (Wildman–Crippen LogP) is 3.81. The van der Waals surface area contributed by atoms with Crippen molar-refractivity contribution < 1.29 is 9.90 Å². The van der Waals surface area contributed by atoms with Gasteiger partial charge in [0, 0.05) is 27.8 Å². The van der Waals surface area contributed by atoms with Gasteiger partial charge in [-0.15, -0.1) is 11.3 Å².